The lowest BCUT2D eigenvalue weighted by molar-refractivity contribution is -0.136. The Kier molecular flexibility index (Phi) is 9.51. The smallest absolute Gasteiger partial charge is 0.417 e. The van der Waals surface area contributed by atoms with Crippen LogP contribution in [0.5, 0.6) is 0 Å². The Bertz CT molecular complexity index is 2390. The average Bonchev–Trinajstić information content (AvgIpc) is 3.06. The monoisotopic (exact) mass is 736 g/mol. The minimum atomic E-state index is -4.80. The molecule has 244 valence electrons. The maximum atomic E-state index is 13.2. The summed E-state index contributed by atoms with van der Waals surface area (Å²) >= 11 is 24.4. The summed E-state index contributed by atoms with van der Waals surface area (Å²) in [7, 11) is 0. The molecule has 0 saturated carbocycles. The summed E-state index contributed by atoms with van der Waals surface area (Å²) < 4.78 is 42.0. The molecule has 2 heterocycles. The highest BCUT2D eigenvalue weighted by atomic mass is 35.5. The Labute approximate surface area is 285 Å². The van der Waals surface area contributed by atoms with E-state index in [2.05, 4.69) is 10.2 Å². The molecule has 2 N–H and O–H groups in total. The van der Waals surface area contributed by atoms with Crippen LogP contribution in [0.2, 0.25) is 20.1 Å². The SMILES string of the molecule is O=C(O)c1nn(-c2ccccc2)c2c(Cl)c(Cl)c(Cl)c(Cl)c2c1=O.O=C(O)c1nn(-c2ccccc2)c2cccc(C(F)(F)F)c2c1=O. The molecule has 0 radical (unpaired) electrons. The molecule has 0 aliphatic rings. The second-order valence-corrected chi connectivity index (χ2v) is 11.1. The van der Waals surface area contributed by atoms with Gasteiger partial charge in [-0.1, -0.05) is 88.9 Å². The number of carboxylic acid groups (broad SMARTS) is 2. The first-order chi connectivity index (χ1) is 22.6. The van der Waals surface area contributed by atoms with Gasteiger partial charge in [-0.3, -0.25) is 9.59 Å². The first-order valence-corrected chi connectivity index (χ1v) is 14.7. The van der Waals surface area contributed by atoms with Crippen molar-refractivity contribution in [2.24, 2.45) is 0 Å². The van der Waals surface area contributed by atoms with Crippen LogP contribution in [0.25, 0.3) is 33.2 Å². The highest BCUT2D eigenvalue weighted by Crippen LogP contribution is 2.42. The van der Waals surface area contributed by atoms with Crippen LogP contribution in [0, 0.1) is 0 Å². The van der Waals surface area contributed by atoms with Gasteiger partial charge in [0.2, 0.25) is 22.2 Å². The summed E-state index contributed by atoms with van der Waals surface area (Å²) in [6, 6.07) is 19.7. The number of aromatic carboxylic acids is 2. The highest BCUT2D eigenvalue weighted by Gasteiger charge is 2.35. The van der Waals surface area contributed by atoms with Crippen molar-refractivity contribution in [3.8, 4) is 11.4 Å². The van der Waals surface area contributed by atoms with Crippen molar-refractivity contribution >= 4 is 80.1 Å². The lowest BCUT2D eigenvalue weighted by Gasteiger charge is -2.15. The molecular formula is C31H15Cl4F3N4O6. The Balaban J connectivity index is 0.000000188. The van der Waals surface area contributed by atoms with Crippen molar-refractivity contribution in [1.29, 1.82) is 0 Å². The molecule has 0 unspecified atom stereocenters. The largest absolute Gasteiger partial charge is 0.476 e. The fourth-order valence-corrected chi connectivity index (χ4v) is 5.66. The lowest BCUT2D eigenvalue weighted by atomic mass is 10.1. The third-order valence-electron chi connectivity index (χ3n) is 6.72. The van der Waals surface area contributed by atoms with E-state index >= 15 is 0 Å². The molecule has 0 saturated heterocycles. The van der Waals surface area contributed by atoms with E-state index in [1.807, 2.05) is 0 Å². The van der Waals surface area contributed by atoms with Crippen molar-refractivity contribution in [3.63, 3.8) is 0 Å². The normalized spacial score (nSPS) is 11.3. The number of rotatable bonds is 4. The number of fused-ring (bicyclic) bond motifs is 2. The number of aromatic nitrogens is 4. The van der Waals surface area contributed by atoms with Crippen molar-refractivity contribution in [3.05, 3.63) is 136 Å². The number of hydrogen-bond donors (Lipinski definition) is 2. The molecule has 48 heavy (non-hydrogen) atoms. The van der Waals surface area contributed by atoms with Crippen LogP contribution < -0.4 is 10.9 Å². The molecule has 0 spiro atoms. The van der Waals surface area contributed by atoms with E-state index in [1.54, 1.807) is 60.7 Å². The van der Waals surface area contributed by atoms with E-state index < -0.39 is 51.3 Å². The van der Waals surface area contributed by atoms with Crippen LogP contribution in [-0.2, 0) is 6.18 Å². The van der Waals surface area contributed by atoms with Crippen molar-refractivity contribution in [1.82, 2.24) is 19.6 Å². The predicted molar refractivity (Wildman–Crippen MR) is 174 cm³/mol. The molecule has 0 atom stereocenters. The number of hydrogen-bond acceptors (Lipinski definition) is 6. The van der Waals surface area contributed by atoms with Gasteiger partial charge in [-0.05, 0) is 36.4 Å². The molecule has 6 aromatic rings. The van der Waals surface area contributed by atoms with Crippen molar-refractivity contribution < 1.29 is 33.0 Å². The van der Waals surface area contributed by atoms with Crippen LogP contribution in [0.1, 0.15) is 26.5 Å². The van der Waals surface area contributed by atoms with E-state index in [4.69, 9.17) is 51.5 Å². The zero-order valence-corrected chi connectivity index (χ0v) is 26.5. The summed E-state index contributed by atoms with van der Waals surface area (Å²) in [5, 5.41) is 24.7. The summed E-state index contributed by atoms with van der Waals surface area (Å²) in [6.07, 6.45) is -4.80. The molecule has 0 aliphatic heterocycles. The Morgan fingerprint density at radius 2 is 1.06 bits per heavy atom. The number of para-hydroxylation sites is 2. The predicted octanol–water partition coefficient (Wildman–Crippen LogP) is 7.80. The molecular weight excluding hydrogens is 723 g/mol. The summed E-state index contributed by atoms with van der Waals surface area (Å²) in [4.78, 5) is 47.4. The van der Waals surface area contributed by atoms with Crippen molar-refractivity contribution in [2.75, 3.05) is 0 Å². The van der Waals surface area contributed by atoms with Crippen LogP contribution in [0.15, 0.2) is 88.5 Å². The maximum absolute atomic E-state index is 13.2. The fraction of sp³-hybridized carbons (Fsp3) is 0.0323. The zero-order valence-electron chi connectivity index (χ0n) is 23.5. The van der Waals surface area contributed by atoms with E-state index in [0.717, 1.165) is 16.8 Å². The molecule has 0 aliphatic carbocycles. The Morgan fingerprint density at radius 1 is 0.604 bits per heavy atom. The fourth-order valence-electron chi connectivity index (χ4n) is 4.65. The second kappa shape index (κ2) is 13.3. The highest BCUT2D eigenvalue weighted by molar-refractivity contribution is 6.55. The zero-order chi connectivity index (χ0) is 35.1. The van der Waals surface area contributed by atoms with Gasteiger partial charge < -0.3 is 10.2 Å². The molecule has 0 bridgehead atoms. The van der Waals surface area contributed by atoms with Gasteiger partial charge in [-0.2, -0.15) is 23.4 Å². The molecule has 6 rings (SSSR count). The summed E-state index contributed by atoms with van der Waals surface area (Å²) in [5.41, 5.74) is -4.26. The van der Waals surface area contributed by atoms with Crippen LogP contribution in [0.4, 0.5) is 13.2 Å². The summed E-state index contributed by atoms with van der Waals surface area (Å²) in [5.74, 6) is -3.19. The van der Waals surface area contributed by atoms with E-state index in [9.17, 15) is 37.5 Å². The van der Waals surface area contributed by atoms with Gasteiger partial charge in [0.15, 0.2) is 0 Å². The number of carbonyl (C=O) groups is 2. The van der Waals surface area contributed by atoms with Gasteiger partial charge in [0.25, 0.3) is 0 Å². The van der Waals surface area contributed by atoms with E-state index in [-0.39, 0.29) is 36.5 Å². The maximum Gasteiger partial charge on any atom is 0.417 e. The first-order valence-electron chi connectivity index (χ1n) is 13.1. The third-order valence-corrected chi connectivity index (χ3v) is 8.51. The number of alkyl halides is 3. The molecule has 10 nitrogen and oxygen atoms in total. The van der Waals surface area contributed by atoms with Gasteiger partial charge in [-0.25, -0.2) is 19.0 Å². The summed E-state index contributed by atoms with van der Waals surface area (Å²) in [6.45, 7) is 0. The second-order valence-electron chi connectivity index (χ2n) is 9.64. The Morgan fingerprint density at radius 3 is 1.56 bits per heavy atom. The minimum Gasteiger partial charge on any atom is -0.476 e. The molecule has 0 amide bonds. The minimum absolute atomic E-state index is 0.0496. The molecule has 0 fully saturated rings. The van der Waals surface area contributed by atoms with Gasteiger partial charge in [0, 0.05) is 0 Å². The number of carboxylic acids is 2. The van der Waals surface area contributed by atoms with Crippen LogP contribution in [-0.4, -0.2) is 41.7 Å². The van der Waals surface area contributed by atoms with Gasteiger partial charge in [0.05, 0.1) is 58.8 Å². The van der Waals surface area contributed by atoms with Gasteiger partial charge in [-0.15, -0.1) is 0 Å². The average molecular weight is 738 g/mol. The van der Waals surface area contributed by atoms with Gasteiger partial charge >= 0.3 is 18.1 Å². The van der Waals surface area contributed by atoms with E-state index in [0.29, 0.717) is 11.4 Å². The molecule has 4 aromatic carbocycles. The van der Waals surface area contributed by atoms with Crippen LogP contribution >= 0.6 is 46.4 Å². The topological polar surface area (TPSA) is 144 Å². The lowest BCUT2D eigenvalue weighted by Crippen LogP contribution is -2.24. The number of benzene rings is 4. The molecule has 2 aromatic heterocycles. The first kappa shape index (κ1) is 34.4. The number of nitrogens with zero attached hydrogens (tertiary/aromatic N) is 4. The van der Waals surface area contributed by atoms with E-state index in [1.165, 1.54) is 10.7 Å². The molecule has 17 heteroatoms. The van der Waals surface area contributed by atoms with Crippen molar-refractivity contribution in [2.45, 2.75) is 6.18 Å². The Hall–Kier alpha value is -4.95. The quantitative estimate of drug-likeness (QED) is 0.138. The van der Waals surface area contributed by atoms with Gasteiger partial charge in [0.1, 0.15) is 0 Å². The standard InChI is InChI=1S/C16H9F3N2O3.C15H6Cl4N2O3/c17-16(18,19)10-7-4-8-11-12(10)14(22)13(15(23)24)20-21(11)9-5-2-1-3-6-9;16-8-7-13(11(19)10(18)9(8)17)21(6-4-2-1-3-5-6)20-12(14(7)22)15(23)24/h1-8H,(H,23,24);1-5H,(H,23,24). The van der Waals surface area contributed by atoms with Crippen LogP contribution in [0.3, 0.4) is 0 Å². The third kappa shape index (κ3) is 6.20. The number of halogens is 7.